The molecule has 1 heterocycles. The van der Waals surface area contributed by atoms with E-state index in [2.05, 4.69) is 4.98 Å². The number of nitro groups is 1. The molecule has 0 saturated carbocycles. The summed E-state index contributed by atoms with van der Waals surface area (Å²) in [5, 5.41) is 13.9. The molecule has 0 aliphatic rings. The molecule has 1 aromatic carbocycles. The smallest absolute Gasteiger partial charge is 0.269 e. The van der Waals surface area contributed by atoms with Crippen molar-refractivity contribution in [2.24, 2.45) is 0 Å². The zero-order chi connectivity index (χ0) is 15.4. The first-order valence-electron chi connectivity index (χ1n) is 6.39. The molecule has 0 fully saturated rings. The summed E-state index contributed by atoms with van der Waals surface area (Å²) >= 11 is 1.61. The lowest BCUT2D eigenvalue weighted by Gasteiger charge is -2.21. The molecule has 0 spiro atoms. The molecule has 0 radical (unpaired) electrons. The fourth-order valence-corrected chi connectivity index (χ4v) is 2.92. The largest absolute Gasteiger partial charge is 0.380 e. The highest BCUT2D eigenvalue weighted by atomic mass is 32.1. The maximum Gasteiger partial charge on any atom is 0.269 e. The van der Waals surface area contributed by atoms with Crippen LogP contribution in [0.3, 0.4) is 0 Å². The standard InChI is InChI=1S/C14H17N3O3S/c1-10-9-21-14(15-10)7-16(2)13-5-4-12(17(18)19)6-11(13)8-20-3/h4-6,9H,7-8H2,1-3H3. The van der Waals surface area contributed by atoms with Crippen LogP contribution in [0.2, 0.25) is 0 Å². The predicted octanol–water partition coefficient (Wildman–Crippen LogP) is 3.14. The quantitative estimate of drug-likeness (QED) is 0.606. The zero-order valence-corrected chi connectivity index (χ0v) is 13.0. The summed E-state index contributed by atoms with van der Waals surface area (Å²) in [7, 11) is 3.52. The van der Waals surface area contributed by atoms with Gasteiger partial charge in [0.1, 0.15) is 5.01 Å². The van der Waals surface area contributed by atoms with Crippen LogP contribution in [0.4, 0.5) is 11.4 Å². The van der Waals surface area contributed by atoms with Gasteiger partial charge in [0.25, 0.3) is 5.69 Å². The maximum absolute atomic E-state index is 10.9. The first kappa shape index (κ1) is 15.4. The van der Waals surface area contributed by atoms with Crippen molar-refractivity contribution in [3.63, 3.8) is 0 Å². The molecule has 2 aromatic rings. The van der Waals surface area contributed by atoms with Gasteiger partial charge >= 0.3 is 0 Å². The Morgan fingerprint density at radius 2 is 2.24 bits per heavy atom. The van der Waals surface area contributed by atoms with E-state index in [1.807, 2.05) is 24.3 Å². The van der Waals surface area contributed by atoms with Gasteiger partial charge in [-0.2, -0.15) is 0 Å². The highest BCUT2D eigenvalue weighted by molar-refractivity contribution is 7.09. The molecule has 0 aliphatic heterocycles. The van der Waals surface area contributed by atoms with Crippen molar-refractivity contribution in [1.29, 1.82) is 0 Å². The fraction of sp³-hybridized carbons (Fsp3) is 0.357. The number of thiazole rings is 1. The lowest BCUT2D eigenvalue weighted by atomic mass is 10.1. The number of aromatic nitrogens is 1. The van der Waals surface area contributed by atoms with Gasteiger partial charge in [0.05, 0.1) is 18.1 Å². The van der Waals surface area contributed by atoms with Crippen molar-refractivity contribution in [3.8, 4) is 0 Å². The summed E-state index contributed by atoms with van der Waals surface area (Å²) in [5.41, 5.74) is 2.78. The molecule has 21 heavy (non-hydrogen) atoms. The van der Waals surface area contributed by atoms with Crippen LogP contribution in [-0.4, -0.2) is 24.1 Å². The Balaban J connectivity index is 2.26. The molecule has 0 N–H and O–H groups in total. The first-order chi connectivity index (χ1) is 10.0. The van der Waals surface area contributed by atoms with Gasteiger partial charge in [-0.1, -0.05) is 0 Å². The third-order valence-corrected chi connectivity index (χ3v) is 3.98. The molecule has 6 nitrogen and oxygen atoms in total. The summed E-state index contributed by atoms with van der Waals surface area (Å²) in [6.45, 7) is 2.95. The maximum atomic E-state index is 10.9. The van der Waals surface area contributed by atoms with Crippen molar-refractivity contribution in [2.75, 3.05) is 19.1 Å². The number of non-ortho nitro benzene ring substituents is 1. The van der Waals surface area contributed by atoms with Crippen LogP contribution in [-0.2, 0) is 17.9 Å². The summed E-state index contributed by atoms with van der Waals surface area (Å²) < 4.78 is 5.15. The van der Waals surface area contributed by atoms with Gasteiger partial charge < -0.3 is 9.64 Å². The molecule has 112 valence electrons. The van der Waals surface area contributed by atoms with E-state index in [9.17, 15) is 10.1 Å². The predicted molar refractivity (Wildman–Crippen MR) is 82.8 cm³/mol. The number of nitro benzene ring substituents is 1. The number of hydrogen-bond acceptors (Lipinski definition) is 6. The second kappa shape index (κ2) is 6.64. The van der Waals surface area contributed by atoms with Crippen molar-refractivity contribution in [1.82, 2.24) is 4.98 Å². The second-order valence-electron chi connectivity index (χ2n) is 4.74. The van der Waals surface area contributed by atoms with E-state index in [1.165, 1.54) is 6.07 Å². The second-order valence-corrected chi connectivity index (χ2v) is 5.68. The molecule has 0 bridgehead atoms. The van der Waals surface area contributed by atoms with E-state index in [1.54, 1.807) is 30.6 Å². The number of anilines is 1. The van der Waals surface area contributed by atoms with Crippen LogP contribution in [0.15, 0.2) is 23.6 Å². The Labute approximate surface area is 127 Å². The number of benzene rings is 1. The lowest BCUT2D eigenvalue weighted by Crippen LogP contribution is -2.18. The summed E-state index contributed by atoms with van der Waals surface area (Å²) in [6.07, 6.45) is 0. The SMILES string of the molecule is COCc1cc([N+](=O)[O-])ccc1N(C)Cc1nc(C)cs1. The van der Waals surface area contributed by atoms with Crippen LogP contribution in [0.5, 0.6) is 0 Å². The Morgan fingerprint density at radius 1 is 1.48 bits per heavy atom. The van der Waals surface area contributed by atoms with Crippen LogP contribution >= 0.6 is 11.3 Å². The molecule has 0 atom stereocenters. The normalized spacial score (nSPS) is 10.6. The number of methoxy groups -OCH3 is 1. The van der Waals surface area contributed by atoms with Gasteiger partial charge in [0.2, 0.25) is 0 Å². The molecule has 2 rings (SSSR count). The molecule has 0 unspecified atom stereocenters. The highest BCUT2D eigenvalue weighted by Crippen LogP contribution is 2.27. The Hall–Kier alpha value is -1.99. The van der Waals surface area contributed by atoms with Crippen LogP contribution in [0, 0.1) is 17.0 Å². The van der Waals surface area contributed by atoms with Gasteiger partial charge in [0, 0.05) is 48.6 Å². The average molecular weight is 307 g/mol. The monoisotopic (exact) mass is 307 g/mol. The van der Waals surface area contributed by atoms with Gasteiger partial charge in [-0.05, 0) is 13.0 Å². The molecular formula is C14H17N3O3S. The van der Waals surface area contributed by atoms with E-state index in [4.69, 9.17) is 4.74 Å². The minimum atomic E-state index is -0.396. The van der Waals surface area contributed by atoms with E-state index < -0.39 is 4.92 Å². The van der Waals surface area contributed by atoms with Crippen LogP contribution in [0.1, 0.15) is 16.3 Å². The Bertz CT molecular complexity index is 642. The lowest BCUT2D eigenvalue weighted by molar-refractivity contribution is -0.384. The van der Waals surface area contributed by atoms with E-state index in [-0.39, 0.29) is 5.69 Å². The summed E-state index contributed by atoms with van der Waals surface area (Å²) in [4.78, 5) is 16.9. The van der Waals surface area contributed by atoms with Crippen molar-refractivity contribution >= 4 is 22.7 Å². The van der Waals surface area contributed by atoms with Crippen molar-refractivity contribution in [3.05, 3.63) is 50.0 Å². The average Bonchev–Trinajstić information content (AvgIpc) is 2.84. The van der Waals surface area contributed by atoms with E-state index in [0.717, 1.165) is 22.0 Å². The minimum absolute atomic E-state index is 0.0734. The first-order valence-corrected chi connectivity index (χ1v) is 7.27. The summed E-state index contributed by atoms with van der Waals surface area (Å²) in [6, 6.07) is 4.83. The number of aryl methyl sites for hydroxylation is 1. The molecule has 1 aromatic heterocycles. The number of nitrogens with zero attached hydrogens (tertiary/aromatic N) is 3. The molecule has 0 saturated heterocycles. The fourth-order valence-electron chi connectivity index (χ4n) is 2.09. The Kier molecular flexibility index (Phi) is 4.87. The molecule has 0 aliphatic carbocycles. The van der Waals surface area contributed by atoms with Crippen LogP contribution in [0.25, 0.3) is 0 Å². The zero-order valence-electron chi connectivity index (χ0n) is 12.2. The molecular weight excluding hydrogens is 290 g/mol. The topological polar surface area (TPSA) is 68.5 Å². The summed E-state index contributed by atoms with van der Waals surface area (Å²) in [5.74, 6) is 0. The van der Waals surface area contributed by atoms with E-state index >= 15 is 0 Å². The number of ether oxygens (including phenoxy) is 1. The number of rotatable bonds is 6. The van der Waals surface area contributed by atoms with Gasteiger partial charge in [0.15, 0.2) is 0 Å². The van der Waals surface area contributed by atoms with Gasteiger partial charge in [-0.15, -0.1) is 11.3 Å². The molecule has 7 heteroatoms. The minimum Gasteiger partial charge on any atom is -0.380 e. The highest BCUT2D eigenvalue weighted by Gasteiger charge is 2.14. The number of hydrogen-bond donors (Lipinski definition) is 0. The van der Waals surface area contributed by atoms with E-state index in [0.29, 0.717) is 13.2 Å². The molecule has 0 amide bonds. The third-order valence-electron chi connectivity index (χ3n) is 3.02. The van der Waals surface area contributed by atoms with Gasteiger partial charge in [-0.25, -0.2) is 4.98 Å². The van der Waals surface area contributed by atoms with Crippen molar-refractivity contribution in [2.45, 2.75) is 20.1 Å². The van der Waals surface area contributed by atoms with Gasteiger partial charge in [-0.3, -0.25) is 10.1 Å². The third kappa shape index (κ3) is 3.77. The van der Waals surface area contributed by atoms with Crippen molar-refractivity contribution < 1.29 is 9.66 Å². The van der Waals surface area contributed by atoms with Crippen LogP contribution < -0.4 is 4.90 Å². The Morgan fingerprint density at radius 3 is 2.81 bits per heavy atom.